The summed E-state index contributed by atoms with van der Waals surface area (Å²) in [5.74, 6) is -0.414. The van der Waals surface area contributed by atoms with Crippen LogP contribution >= 0.6 is 0 Å². The molecule has 1 heterocycles. The van der Waals surface area contributed by atoms with E-state index in [2.05, 4.69) is 10.3 Å². The number of nitrogens with one attached hydrogen (secondary N) is 1. The maximum absolute atomic E-state index is 12.0. The first kappa shape index (κ1) is 18.7. The molecule has 1 saturated carbocycles. The van der Waals surface area contributed by atoms with Gasteiger partial charge in [0, 0.05) is 18.3 Å². The number of aromatic nitrogens is 1. The molecule has 1 aliphatic carbocycles. The van der Waals surface area contributed by atoms with Gasteiger partial charge >= 0.3 is 5.97 Å². The van der Waals surface area contributed by atoms with Crippen LogP contribution in [0.1, 0.15) is 25.3 Å². The second-order valence-electron chi connectivity index (χ2n) is 6.39. The Morgan fingerprint density at radius 1 is 1.19 bits per heavy atom. The van der Waals surface area contributed by atoms with Crippen LogP contribution in [0.3, 0.4) is 0 Å². The lowest BCUT2D eigenvalue weighted by atomic mass is 10.2. The van der Waals surface area contributed by atoms with E-state index in [0.29, 0.717) is 30.2 Å². The molecule has 142 valence electrons. The maximum atomic E-state index is 12.0. The molecule has 0 radical (unpaired) electrons. The molecule has 0 bridgehead atoms. The van der Waals surface area contributed by atoms with E-state index in [9.17, 15) is 9.59 Å². The number of ether oxygens (including phenoxy) is 2. The summed E-state index contributed by atoms with van der Waals surface area (Å²) < 4.78 is 11.4. The van der Waals surface area contributed by atoms with E-state index in [4.69, 9.17) is 14.6 Å². The van der Waals surface area contributed by atoms with E-state index in [-0.39, 0.29) is 12.5 Å². The van der Waals surface area contributed by atoms with Crippen molar-refractivity contribution in [2.75, 3.05) is 6.61 Å². The van der Waals surface area contributed by atoms with Gasteiger partial charge in [0.1, 0.15) is 11.5 Å². The largest absolute Gasteiger partial charge is 0.494 e. The Kier molecular flexibility index (Phi) is 5.90. The first-order valence-electron chi connectivity index (χ1n) is 8.93. The summed E-state index contributed by atoms with van der Waals surface area (Å²) in [5, 5.41) is 11.7. The predicted octanol–water partition coefficient (Wildman–Crippen LogP) is 3.00. The van der Waals surface area contributed by atoms with Crippen LogP contribution in [0.4, 0.5) is 0 Å². The zero-order valence-electron chi connectivity index (χ0n) is 15.1. The van der Waals surface area contributed by atoms with Crippen LogP contribution in [-0.4, -0.2) is 28.6 Å². The summed E-state index contributed by atoms with van der Waals surface area (Å²) >= 11 is 0. The Balaban J connectivity index is 1.59. The van der Waals surface area contributed by atoms with Gasteiger partial charge in [0.05, 0.1) is 18.4 Å². The quantitative estimate of drug-likeness (QED) is 0.704. The SMILES string of the molecule is CCCOc1ccc(Oc2ncccc2CNC(=O)C2CC2C(=O)O)cc1. The summed E-state index contributed by atoms with van der Waals surface area (Å²) in [7, 11) is 0. The molecule has 1 amide bonds. The first-order valence-corrected chi connectivity index (χ1v) is 8.93. The van der Waals surface area contributed by atoms with Gasteiger partial charge in [0.25, 0.3) is 0 Å². The molecule has 0 spiro atoms. The molecular weight excluding hydrogens is 348 g/mol. The predicted molar refractivity (Wildman–Crippen MR) is 97.6 cm³/mol. The Morgan fingerprint density at radius 2 is 1.93 bits per heavy atom. The number of carboxylic acids is 1. The van der Waals surface area contributed by atoms with E-state index in [1.807, 2.05) is 25.1 Å². The van der Waals surface area contributed by atoms with Gasteiger partial charge in [-0.1, -0.05) is 13.0 Å². The zero-order valence-corrected chi connectivity index (χ0v) is 15.1. The number of carbonyl (C=O) groups excluding carboxylic acids is 1. The van der Waals surface area contributed by atoms with Gasteiger partial charge in [-0.15, -0.1) is 0 Å². The molecule has 1 aromatic heterocycles. The Labute approximate surface area is 157 Å². The molecule has 27 heavy (non-hydrogen) atoms. The molecular formula is C20H22N2O5. The molecule has 3 rings (SSSR count). The number of amides is 1. The van der Waals surface area contributed by atoms with E-state index in [1.54, 1.807) is 24.4 Å². The average Bonchev–Trinajstić information content (AvgIpc) is 3.48. The zero-order chi connectivity index (χ0) is 19.2. The van der Waals surface area contributed by atoms with Gasteiger partial charge in [-0.2, -0.15) is 0 Å². The second-order valence-corrected chi connectivity index (χ2v) is 6.39. The minimum atomic E-state index is -0.924. The highest BCUT2D eigenvalue weighted by Crippen LogP contribution is 2.38. The van der Waals surface area contributed by atoms with Gasteiger partial charge in [0.2, 0.25) is 11.8 Å². The lowest BCUT2D eigenvalue weighted by Crippen LogP contribution is -2.26. The van der Waals surface area contributed by atoms with E-state index < -0.39 is 17.8 Å². The van der Waals surface area contributed by atoms with E-state index in [0.717, 1.165) is 12.2 Å². The smallest absolute Gasteiger partial charge is 0.307 e. The number of carbonyl (C=O) groups is 2. The van der Waals surface area contributed by atoms with Crippen molar-refractivity contribution in [1.82, 2.24) is 10.3 Å². The van der Waals surface area contributed by atoms with Gasteiger partial charge in [-0.05, 0) is 43.2 Å². The lowest BCUT2D eigenvalue weighted by Gasteiger charge is -2.11. The maximum Gasteiger partial charge on any atom is 0.307 e. The molecule has 7 heteroatoms. The fourth-order valence-corrected chi connectivity index (χ4v) is 2.66. The average molecular weight is 370 g/mol. The summed E-state index contributed by atoms with van der Waals surface area (Å²) in [4.78, 5) is 27.1. The van der Waals surface area contributed by atoms with Gasteiger partial charge in [-0.3, -0.25) is 9.59 Å². The Bertz CT molecular complexity index is 806. The second kappa shape index (κ2) is 8.53. The molecule has 1 fully saturated rings. The topological polar surface area (TPSA) is 97.8 Å². The fraction of sp³-hybridized carbons (Fsp3) is 0.350. The fourth-order valence-electron chi connectivity index (χ4n) is 2.66. The van der Waals surface area contributed by atoms with Crippen molar-refractivity contribution < 1.29 is 24.2 Å². The highest BCUT2D eigenvalue weighted by atomic mass is 16.5. The normalized spacial score (nSPS) is 17.8. The number of rotatable bonds is 9. The summed E-state index contributed by atoms with van der Waals surface area (Å²) in [6, 6.07) is 10.8. The van der Waals surface area contributed by atoms with Crippen LogP contribution in [0.15, 0.2) is 42.6 Å². The standard InChI is InChI=1S/C20H22N2O5/c1-2-10-26-14-5-7-15(8-6-14)27-19-13(4-3-9-21-19)12-22-18(23)16-11-17(16)20(24)25/h3-9,16-17H,2,10-12H2,1H3,(H,22,23)(H,24,25). The molecule has 0 saturated heterocycles. The molecule has 2 atom stereocenters. The number of pyridine rings is 1. The number of carboxylic acid groups (broad SMARTS) is 1. The van der Waals surface area contributed by atoms with Crippen molar-refractivity contribution in [3.63, 3.8) is 0 Å². The van der Waals surface area contributed by atoms with Crippen LogP contribution < -0.4 is 14.8 Å². The molecule has 7 nitrogen and oxygen atoms in total. The summed E-state index contributed by atoms with van der Waals surface area (Å²) in [6.07, 6.45) is 2.94. The van der Waals surface area contributed by atoms with Crippen molar-refractivity contribution in [2.24, 2.45) is 11.8 Å². The van der Waals surface area contributed by atoms with Crippen LogP contribution in [0.2, 0.25) is 0 Å². The Hall–Kier alpha value is -3.09. The van der Waals surface area contributed by atoms with Crippen molar-refractivity contribution in [1.29, 1.82) is 0 Å². The molecule has 1 aliphatic rings. The third-order valence-electron chi connectivity index (χ3n) is 4.26. The number of aliphatic carboxylic acids is 1. The third-order valence-corrected chi connectivity index (χ3v) is 4.26. The van der Waals surface area contributed by atoms with Crippen molar-refractivity contribution in [3.8, 4) is 17.4 Å². The van der Waals surface area contributed by atoms with Gasteiger partial charge in [0.15, 0.2) is 0 Å². The number of nitrogens with zero attached hydrogens (tertiary/aromatic N) is 1. The van der Waals surface area contributed by atoms with Crippen LogP contribution in [-0.2, 0) is 16.1 Å². The van der Waals surface area contributed by atoms with Crippen LogP contribution in [0.5, 0.6) is 17.4 Å². The van der Waals surface area contributed by atoms with Crippen molar-refractivity contribution in [2.45, 2.75) is 26.3 Å². The van der Waals surface area contributed by atoms with Crippen LogP contribution in [0, 0.1) is 11.8 Å². The summed E-state index contributed by atoms with van der Waals surface area (Å²) in [6.45, 7) is 2.93. The molecule has 1 aromatic carbocycles. The van der Waals surface area contributed by atoms with Crippen molar-refractivity contribution >= 4 is 11.9 Å². The molecule has 0 aliphatic heterocycles. The van der Waals surface area contributed by atoms with E-state index >= 15 is 0 Å². The lowest BCUT2D eigenvalue weighted by molar-refractivity contribution is -0.140. The first-order chi connectivity index (χ1) is 13.1. The minimum Gasteiger partial charge on any atom is -0.494 e. The molecule has 2 aromatic rings. The number of hydrogen-bond acceptors (Lipinski definition) is 5. The van der Waals surface area contributed by atoms with Crippen LogP contribution in [0.25, 0.3) is 0 Å². The molecule has 2 N–H and O–H groups in total. The van der Waals surface area contributed by atoms with Gasteiger partial charge in [-0.25, -0.2) is 4.98 Å². The minimum absolute atomic E-state index is 0.225. The molecule has 2 unspecified atom stereocenters. The van der Waals surface area contributed by atoms with Gasteiger partial charge < -0.3 is 19.9 Å². The van der Waals surface area contributed by atoms with E-state index in [1.165, 1.54) is 0 Å². The third kappa shape index (κ3) is 4.97. The monoisotopic (exact) mass is 370 g/mol. The Morgan fingerprint density at radius 3 is 2.59 bits per heavy atom. The highest BCUT2D eigenvalue weighted by Gasteiger charge is 2.48. The highest BCUT2D eigenvalue weighted by molar-refractivity contribution is 5.89. The van der Waals surface area contributed by atoms with Crippen molar-refractivity contribution in [3.05, 3.63) is 48.2 Å². The number of benzene rings is 1. The summed E-state index contributed by atoms with van der Waals surface area (Å²) in [5.41, 5.74) is 0.713. The number of hydrogen-bond donors (Lipinski definition) is 2.